The van der Waals surface area contributed by atoms with Crippen LogP contribution in [0.5, 0.6) is 0 Å². The van der Waals surface area contributed by atoms with Gasteiger partial charge in [0.1, 0.15) is 11.6 Å². The number of aromatic nitrogens is 2. The Morgan fingerprint density at radius 2 is 1.89 bits per heavy atom. The van der Waals surface area contributed by atoms with Crippen molar-refractivity contribution in [2.24, 2.45) is 0 Å². The van der Waals surface area contributed by atoms with E-state index in [1.165, 1.54) is 0 Å². The smallest absolute Gasteiger partial charge is 0.260 e. The average molecular weight is 242 g/mol. The first kappa shape index (κ1) is 12.0. The van der Waals surface area contributed by atoms with E-state index in [0.29, 0.717) is 17.2 Å². The Hall–Kier alpha value is -2.43. The van der Waals surface area contributed by atoms with Gasteiger partial charge in [-0.25, -0.2) is 9.97 Å². The molecule has 18 heavy (non-hydrogen) atoms. The Labute approximate surface area is 105 Å². The van der Waals surface area contributed by atoms with Gasteiger partial charge in [0, 0.05) is 26.5 Å². The van der Waals surface area contributed by atoms with Gasteiger partial charge in [-0.2, -0.15) is 0 Å². The number of carbonyl (C=O) groups is 1. The molecule has 5 nitrogen and oxygen atoms in total. The minimum atomic E-state index is -0.217. The highest BCUT2D eigenvalue weighted by atomic mass is 16.1. The number of nitrogens with zero attached hydrogens (tertiary/aromatic N) is 3. The van der Waals surface area contributed by atoms with Gasteiger partial charge in [-0.1, -0.05) is 6.07 Å². The summed E-state index contributed by atoms with van der Waals surface area (Å²) in [5.41, 5.74) is 0.521. The number of hydrogen-bond donors (Lipinski definition) is 1. The van der Waals surface area contributed by atoms with Crippen molar-refractivity contribution in [2.75, 3.05) is 24.3 Å². The number of nitrogens with one attached hydrogen (secondary N) is 1. The van der Waals surface area contributed by atoms with Crippen molar-refractivity contribution < 1.29 is 4.79 Å². The maximum atomic E-state index is 12.1. The number of carbonyl (C=O) groups excluding carboxylic acids is 1. The van der Waals surface area contributed by atoms with Gasteiger partial charge in [0.05, 0.1) is 5.56 Å². The minimum absolute atomic E-state index is 0.217. The Balaban J connectivity index is 2.24. The molecule has 0 unspecified atom stereocenters. The number of amides is 1. The van der Waals surface area contributed by atoms with Crippen LogP contribution in [0, 0.1) is 0 Å². The average Bonchev–Trinajstić information content (AvgIpc) is 2.40. The second-order valence-corrected chi connectivity index (χ2v) is 3.94. The second-order valence-electron chi connectivity index (χ2n) is 3.94. The summed E-state index contributed by atoms with van der Waals surface area (Å²) >= 11 is 0. The highest BCUT2D eigenvalue weighted by Gasteiger charge is 2.13. The molecule has 0 fully saturated rings. The SMILES string of the molecule is CN(C)c1ncccc1C(=O)Nc1ccccn1. The van der Waals surface area contributed by atoms with Crippen LogP contribution in [0.25, 0.3) is 0 Å². The number of pyridine rings is 2. The molecule has 0 aliphatic rings. The molecule has 0 saturated carbocycles. The standard InChI is InChI=1S/C13H14N4O/c1-17(2)12-10(6-5-9-15-12)13(18)16-11-7-3-4-8-14-11/h3-9H,1-2H3,(H,14,16,18). The van der Waals surface area contributed by atoms with Crippen molar-refractivity contribution in [1.82, 2.24) is 9.97 Å². The fourth-order valence-corrected chi connectivity index (χ4v) is 1.55. The van der Waals surface area contributed by atoms with Gasteiger partial charge in [-0.05, 0) is 24.3 Å². The molecule has 5 heteroatoms. The maximum absolute atomic E-state index is 12.1. The molecule has 1 amide bonds. The molecule has 92 valence electrons. The molecule has 0 saturated heterocycles. The van der Waals surface area contributed by atoms with Gasteiger partial charge in [-0.15, -0.1) is 0 Å². The zero-order chi connectivity index (χ0) is 13.0. The van der Waals surface area contributed by atoms with Crippen LogP contribution < -0.4 is 10.2 Å². The lowest BCUT2D eigenvalue weighted by molar-refractivity contribution is 0.102. The zero-order valence-electron chi connectivity index (χ0n) is 10.3. The van der Waals surface area contributed by atoms with Gasteiger partial charge in [0.2, 0.25) is 0 Å². The normalized spacial score (nSPS) is 9.89. The van der Waals surface area contributed by atoms with Crippen molar-refractivity contribution >= 4 is 17.5 Å². The molecule has 0 spiro atoms. The molecule has 0 aliphatic heterocycles. The predicted molar refractivity (Wildman–Crippen MR) is 70.8 cm³/mol. The monoisotopic (exact) mass is 242 g/mol. The fourth-order valence-electron chi connectivity index (χ4n) is 1.55. The van der Waals surface area contributed by atoms with E-state index in [1.807, 2.05) is 20.2 Å². The molecular formula is C13H14N4O. The lowest BCUT2D eigenvalue weighted by Gasteiger charge is -2.15. The Bertz CT molecular complexity index is 540. The molecule has 0 aliphatic carbocycles. The molecule has 2 aromatic heterocycles. The summed E-state index contributed by atoms with van der Waals surface area (Å²) in [5.74, 6) is 0.937. The highest BCUT2D eigenvalue weighted by molar-refractivity contribution is 6.07. The van der Waals surface area contributed by atoms with Crippen molar-refractivity contribution in [3.63, 3.8) is 0 Å². The van der Waals surface area contributed by atoms with Crippen molar-refractivity contribution in [3.05, 3.63) is 48.3 Å². The van der Waals surface area contributed by atoms with Crippen molar-refractivity contribution in [2.45, 2.75) is 0 Å². The van der Waals surface area contributed by atoms with Gasteiger partial charge in [0.25, 0.3) is 5.91 Å². The molecule has 0 bridgehead atoms. The minimum Gasteiger partial charge on any atom is -0.362 e. The summed E-state index contributed by atoms with van der Waals surface area (Å²) in [6.45, 7) is 0. The van der Waals surface area contributed by atoms with E-state index in [2.05, 4.69) is 15.3 Å². The number of rotatable bonds is 3. The van der Waals surface area contributed by atoms with E-state index in [1.54, 1.807) is 41.6 Å². The Morgan fingerprint density at radius 3 is 2.56 bits per heavy atom. The first-order chi connectivity index (χ1) is 8.68. The van der Waals surface area contributed by atoms with Crippen LogP contribution in [-0.4, -0.2) is 30.0 Å². The molecule has 2 heterocycles. The largest absolute Gasteiger partial charge is 0.362 e. The molecule has 1 N–H and O–H groups in total. The van der Waals surface area contributed by atoms with Crippen LogP contribution in [0.4, 0.5) is 11.6 Å². The summed E-state index contributed by atoms with van der Waals surface area (Å²) < 4.78 is 0. The van der Waals surface area contributed by atoms with Gasteiger partial charge >= 0.3 is 0 Å². The van der Waals surface area contributed by atoms with Crippen LogP contribution in [-0.2, 0) is 0 Å². The van der Waals surface area contributed by atoms with Crippen LogP contribution in [0.1, 0.15) is 10.4 Å². The van der Waals surface area contributed by atoms with E-state index in [0.717, 1.165) is 0 Å². The maximum Gasteiger partial charge on any atom is 0.260 e. The molecular weight excluding hydrogens is 228 g/mol. The summed E-state index contributed by atoms with van der Waals surface area (Å²) in [5, 5.41) is 2.74. The third-order valence-electron chi connectivity index (χ3n) is 2.36. The van der Waals surface area contributed by atoms with Gasteiger partial charge < -0.3 is 10.2 Å². The first-order valence-corrected chi connectivity index (χ1v) is 5.53. The van der Waals surface area contributed by atoms with Crippen molar-refractivity contribution in [3.8, 4) is 0 Å². The van der Waals surface area contributed by atoms with E-state index >= 15 is 0 Å². The lowest BCUT2D eigenvalue weighted by Crippen LogP contribution is -2.20. The topological polar surface area (TPSA) is 58.1 Å². The Morgan fingerprint density at radius 1 is 1.11 bits per heavy atom. The lowest BCUT2D eigenvalue weighted by atomic mass is 10.2. The zero-order valence-corrected chi connectivity index (χ0v) is 10.3. The molecule has 0 atom stereocenters. The highest BCUT2D eigenvalue weighted by Crippen LogP contribution is 2.15. The fraction of sp³-hybridized carbons (Fsp3) is 0.154. The predicted octanol–water partition coefficient (Wildman–Crippen LogP) is 1.79. The molecule has 2 aromatic rings. The molecule has 2 rings (SSSR count). The van der Waals surface area contributed by atoms with Crippen molar-refractivity contribution in [1.29, 1.82) is 0 Å². The number of anilines is 2. The van der Waals surface area contributed by atoms with Crippen LogP contribution in [0.3, 0.4) is 0 Å². The van der Waals surface area contributed by atoms with Crippen LogP contribution in [0.2, 0.25) is 0 Å². The number of hydrogen-bond acceptors (Lipinski definition) is 4. The third-order valence-corrected chi connectivity index (χ3v) is 2.36. The second kappa shape index (κ2) is 5.27. The van der Waals surface area contributed by atoms with E-state index in [4.69, 9.17) is 0 Å². The van der Waals surface area contributed by atoms with E-state index in [9.17, 15) is 4.79 Å². The van der Waals surface area contributed by atoms with Gasteiger partial charge in [-0.3, -0.25) is 4.79 Å². The van der Waals surface area contributed by atoms with Crippen LogP contribution in [0.15, 0.2) is 42.7 Å². The quantitative estimate of drug-likeness (QED) is 0.891. The summed E-state index contributed by atoms with van der Waals surface area (Å²) in [6.07, 6.45) is 3.29. The Kier molecular flexibility index (Phi) is 3.52. The summed E-state index contributed by atoms with van der Waals surface area (Å²) in [4.78, 5) is 22.2. The van der Waals surface area contributed by atoms with E-state index < -0.39 is 0 Å². The first-order valence-electron chi connectivity index (χ1n) is 5.53. The molecule has 0 aromatic carbocycles. The third kappa shape index (κ3) is 2.63. The summed E-state index contributed by atoms with van der Waals surface area (Å²) in [6, 6.07) is 8.83. The van der Waals surface area contributed by atoms with Crippen LogP contribution >= 0.6 is 0 Å². The van der Waals surface area contributed by atoms with E-state index in [-0.39, 0.29) is 5.91 Å². The summed E-state index contributed by atoms with van der Waals surface area (Å²) in [7, 11) is 3.69. The molecule has 0 radical (unpaired) electrons. The van der Waals surface area contributed by atoms with Gasteiger partial charge in [0.15, 0.2) is 0 Å².